The molecule has 0 spiro atoms. The van der Waals surface area contributed by atoms with E-state index < -0.39 is 5.91 Å². The molecule has 2 aromatic rings. The lowest BCUT2D eigenvalue weighted by atomic mass is 10.1. The Balaban J connectivity index is 1.60. The number of rotatable bonds is 4. The molecule has 2 aromatic heterocycles. The van der Waals surface area contributed by atoms with Crippen LogP contribution in [0.4, 0.5) is 5.95 Å². The number of ether oxygens (including phenoxy) is 1. The number of hydrogen-bond acceptors (Lipinski definition) is 6. The molecule has 1 aliphatic heterocycles. The first-order valence-electron chi connectivity index (χ1n) is 8.00. The summed E-state index contributed by atoms with van der Waals surface area (Å²) in [6, 6.07) is 3.33. The Morgan fingerprint density at radius 3 is 2.71 bits per heavy atom. The van der Waals surface area contributed by atoms with Crippen LogP contribution in [-0.2, 0) is 0 Å². The van der Waals surface area contributed by atoms with Gasteiger partial charge in [0.25, 0.3) is 5.91 Å². The number of nitrogens with zero attached hydrogens (tertiary/aromatic N) is 4. The van der Waals surface area contributed by atoms with Gasteiger partial charge < -0.3 is 15.4 Å². The van der Waals surface area contributed by atoms with Crippen LogP contribution < -0.4 is 15.4 Å². The van der Waals surface area contributed by atoms with Crippen molar-refractivity contribution in [3.8, 4) is 5.75 Å². The third kappa shape index (κ3) is 3.61. The van der Waals surface area contributed by atoms with Crippen LogP contribution in [-0.4, -0.2) is 40.1 Å². The van der Waals surface area contributed by atoms with Crippen molar-refractivity contribution < 1.29 is 9.53 Å². The summed E-state index contributed by atoms with van der Waals surface area (Å²) in [4.78, 5) is 26.2. The zero-order chi connectivity index (χ0) is 17.1. The number of primary amides is 1. The molecule has 1 amide bonds. The van der Waals surface area contributed by atoms with Crippen LogP contribution in [0.2, 0.25) is 0 Å². The number of nitrogens with two attached hydrogens (primary N) is 1. The zero-order valence-corrected chi connectivity index (χ0v) is 13.9. The fourth-order valence-corrected chi connectivity index (χ4v) is 2.65. The van der Waals surface area contributed by atoms with Gasteiger partial charge in [-0.2, -0.15) is 0 Å². The molecule has 0 unspecified atom stereocenters. The molecule has 1 aliphatic rings. The first-order valence-corrected chi connectivity index (χ1v) is 8.00. The number of carbonyl (C=O) groups excluding carboxylic acids is 1. The Kier molecular flexibility index (Phi) is 4.59. The summed E-state index contributed by atoms with van der Waals surface area (Å²) in [6.07, 6.45) is 5.22. The van der Waals surface area contributed by atoms with Crippen molar-refractivity contribution >= 4 is 11.9 Å². The minimum atomic E-state index is -0.554. The fraction of sp³-hybridized carbons (Fsp3) is 0.412. The summed E-state index contributed by atoms with van der Waals surface area (Å²) in [5, 5.41) is 0. The normalized spacial score (nSPS) is 15.3. The van der Waals surface area contributed by atoms with Crippen LogP contribution in [0.15, 0.2) is 24.5 Å². The average molecular weight is 327 g/mol. The number of piperidine rings is 1. The molecule has 7 nitrogen and oxygen atoms in total. The van der Waals surface area contributed by atoms with Crippen molar-refractivity contribution in [1.29, 1.82) is 0 Å². The highest BCUT2D eigenvalue weighted by molar-refractivity contribution is 5.91. The van der Waals surface area contributed by atoms with E-state index in [9.17, 15) is 4.79 Å². The van der Waals surface area contributed by atoms with E-state index in [1.807, 2.05) is 20.0 Å². The molecule has 7 heteroatoms. The predicted octanol–water partition coefficient (Wildman–Crippen LogP) is 1.64. The van der Waals surface area contributed by atoms with E-state index in [2.05, 4.69) is 19.9 Å². The number of aromatic nitrogens is 3. The molecule has 0 bridgehead atoms. The predicted molar refractivity (Wildman–Crippen MR) is 90.1 cm³/mol. The van der Waals surface area contributed by atoms with Crippen molar-refractivity contribution in [2.75, 3.05) is 18.0 Å². The van der Waals surface area contributed by atoms with E-state index in [1.165, 1.54) is 6.20 Å². The van der Waals surface area contributed by atoms with Crippen LogP contribution in [0.1, 0.15) is 34.6 Å². The Hall–Kier alpha value is -2.70. The van der Waals surface area contributed by atoms with Gasteiger partial charge in [0.15, 0.2) is 0 Å². The van der Waals surface area contributed by atoms with Crippen LogP contribution in [0.5, 0.6) is 5.75 Å². The van der Waals surface area contributed by atoms with Crippen LogP contribution in [0, 0.1) is 13.8 Å². The van der Waals surface area contributed by atoms with Crippen LogP contribution in [0.3, 0.4) is 0 Å². The summed E-state index contributed by atoms with van der Waals surface area (Å²) in [7, 11) is 0. The van der Waals surface area contributed by atoms with E-state index in [-0.39, 0.29) is 11.8 Å². The van der Waals surface area contributed by atoms with Crippen molar-refractivity contribution in [2.45, 2.75) is 32.8 Å². The summed E-state index contributed by atoms with van der Waals surface area (Å²) in [5.74, 6) is 0.846. The SMILES string of the molecule is Cc1cnc(N2CCC(Oc3ccnc(C(N)=O)c3)CC2)nc1C. The molecule has 0 radical (unpaired) electrons. The number of aryl methyl sites for hydroxylation is 2. The molecule has 1 saturated heterocycles. The lowest BCUT2D eigenvalue weighted by molar-refractivity contribution is 0.0994. The van der Waals surface area contributed by atoms with Crippen molar-refractivity contribution in [3.63, 3.8) is 0 Å². The molecule has 3 heterocycles. The van der Waals surface area contributed by atoms with Gasteiger partial charge in [0.05, 0.1) is 0 Å². The quantitative estimate of drug-likeness (QED) is 0.917. The van der Waals surface area contributed by atoms with Crippen LogP contribution in [0.25, 0.3) is 0 Å². The van der Waals surface area contributed by atoms with E-state index >= 15 is 0 Å². The van der Waals surface area contributed by atoms with Crippen LogP contribution >= 0.6 is 0 Å². The van der Waals surface area contributed by atoms with Crippen molar-refractivity contribution in [2.24, 2.45) is 5.73 Å². The van der Waals surface area contributed by atoms with Gasteiger partial charge >= 0.3 is 0 Å². The van der Waals surface area contributed by atoms with Gasteiger partial charge in [-0.3, -0.25) is 9.78 Å². The molecule has 0 aromatic carbocycles. The average Bonchev–Trinajstić information content (AvgIpc) is 2.58. The number of pyridine rings is 1. The van der Waals surface area contributed by atoms with Gasteiger partial charge in [-0.1, -0.05) is 0 Å². The Morgan fingerprint density at radius 2 is 2.04 bits per heavy atom. The highest BCUT2D eigenvalue weighted by Gasteiger charge is 2.22. The maximum atomic E-state index is 11.2. The van der Waals surface area contributed by atoms with Gasteiger partial charge in [-0.25, -0.2) is 9.97 Å². The first kappa shape index (κ1) is 16.2. The molecule has 0 aliphatic carbocycles. The largest absolute Gasteiger partial charge is 0.490 e. The van der Waals surface area contributed by atoms with E-state index in [4.69, 9.17) is 10.5 Å². The zero-order valence-electron chi connectivity index (χ0n) is 13.9. The van der Waals surface area contributed by atoms with E-state index in [0.717, 1.165) is 43.1 Å². The highest BCUT2D eigenvalue weighted by atomic mass is 16.5. The number of carbonyl (C=O) groups is 1. The standard InChI is InChI=1S/C17H21N5O2/c1-11-10-20-17(21-12(11)2)22-7-4-13(5-8-22)24-14-3-6-19-15(9-14)16(18)23/h3,6,9-10,13H,4-5,7-8H2,1-2H3,(H2,18,23). The lowest BCUT2D eigenvalue weighted by Gasteiger charge is -2.32. The summed E-state index contributed by atoms with van der Waals surface area (Å²) in [6.45, 7) is 5.67. The minimum Gasteiger partial charge on any atom is -0.490 e. The summed E-state index contributed by atoms with van der Waals surface area (Å²) < 4.78 is 5.96. The molecular formula is C17H21N5O2. The van der Waals surface area contributed by atoms with Crippen molar-refractivity contribution in [3.05, 3.63) is 41.5 Å². The minimum absolute atomic E-state index is 0.0934. The molecule has 3 rings (SSSR count). The Labute approximate surface area is 140 Å². The smallest absolute Gasteiger partial charge is 0.267 e. The third-order valence-corrected chi connectivity index (χ3v) is 4.22. The van der Waals surface area contributed by atoms with Gasteiger partial charge in [-0.15, -0.1) is 0 Å². The topological polar surface area (TPSA) is 94.2 Å². The van der Waals surface area contributed by atoms with E-state index in [1.54, 1.807) is 12.1 Å². The van der Waals surface area contributed by atoms with Gasteiger partial charge in [0.1, 0.15) is 17.5 Å². The highest BCUT2D eigenvalue weighted by Crippen LogP contribution is 2.21. The lowest BCUT2D eigenvalue weighted by Crippen LogP contribution is -2.39. The molecule has 0 saturated carbocycles. The maximum Gasteiger partial charge on any atom is 0.267 e. The molecule has 0 atom stereocenters. The van der Waals surface area contributed by atoms with Gasteiger partial charge in [0.2, 0.25) is 5.95 Å². The second-order valence-electron chi connectivity index (χ2n) is 5.98. The maximum absolute atomic E-state index is 11.2. The monoisotopic (exact) mass is 327 g/mol. The summed E-state index contributed by atoms with van der Waals surface area (Å²) in [5.41, 5.74) is 7.57. The third-order valence-electron chi connectivity index (χ3n) is 4.22. The second kappa shape index (κ2) is 6.82. The molecule has 2 N–H and O–H groups in total. The summed E-state index contributed by atoms with van der Waals surface area (Å²) >= 11 is 0. The van der Waals surface area contributed by atoms with Gasteiger partial charge in [-0.05, 0) is 25.5 Å². The second-order valence-corrected chi connectivity index (χ2v) is 5.98. The Morgan fingerprint density at radius 1 is 1.29 bits per heavy atom. The molecular weight excluding hydrogens is 306 g/mol. The number of anilines is 1. The van der Waals surface area contributed by atoms with Gasteiger partial charge in [0, 0.05) is 50.1 Å². The van der Waals surface area contributed by atoms with Crippen molar-refractivity contribution in [1.82, 2.24) is 15.0 Å². The first-order chi connectivity index (χ1) is 11.5. The van der Waals surface area contributed by atoms with E-state index in [0.29, 0.717) is 5.75 Å². The molecule has 24 heavy (non-hydrogen) atoms. The number of hydrogen-bond donors (Lipinski definition) is 1. The fourth-order valence-electron chi connectivity index (χ4n) is 2.65. The Bertz CT molecular complexity index is 742. The molecule has 1 fully saturated rings. The molecule has 126 valence electrons. The number of amides is 1.